The second-order valence-corrected chi connectivity index (χ2v) is 4.59. The van der Waals surface area contributed by atoms with Gasteiger partial charge in [-0.3, -0.25) is 10.1 Å². The van der Waals surface area contributed by atoms with E-state index in [4.69, 9.17) is 5.73 Å². The van der Waals surface area contributed by atoms with Crippen molar-refractivity contribution in [3.05, 3.63) is 75.3 Å². The van der Waals surface area contributed by atoms with Gasteiger partial charge in [-0.25, -0.2) is 0 Å². The first-order valence-electron chi connectivity index (χ1n) is 6.12. The number of hydrogen-bond donors (Lipinski definition) is 1. The molecule has 2 aromatic rings. The molecule has 1 unspecified atom stereocenters. The van der Waals surface area contributed by atoms with Crippen molar-refractivity contribution in [2.75, 3.05) is 0 Å². The number of nitro groups is 1. The van der Waals surface area contributed by atoms with E-state index in [0.29, 0.717) is 6.42 Å². The van der Waals surface area contributed by atoms with Crippen molar-refractivity contribution in [1.82, 2.24) is 0 Å². The van der Waals surface area contributed by atoms with E-state index in [0.717, 1.165) is 16.7 Å². The molecule has 0 fully saturated rings. The topological polar surface area (TPSA) is 69.2 Å². The Bertz CT molecular complexity index is 579. The summed E-state index contributed by atoms with van der Waals surface area (Å²) in [6.07, 6.45) is 0.669. The van der Waals surface area contributed by atoms with E-state index in [1.807, 2.05) is 31.2 Å². The molecule has 2 aromatic carbocycles. The van der Waals surface area contributed by atoms with Crippen LogP contribution in [0.15, 0.2) is 48.5 Å². The van der Waals surface area contributed by atoms with Gasteiger partial charge >= 0.3 is 0 Å². The van der Waals surface area contributed by atoms with Gasteiger partial charge < -0.3 is 5.73 Å². The number of hydrogen-bond acceptors (Lipinski definition) is 3. The standard InChI is InChI=1S/C15H16N2O2/c1-11-4-2-3-5-14(11)15(16)10-12-6-8-13(9-7-12)17(18)19/h2-9,15H,10,16H2,1H3. The van der Waals surface area contributed by atoms with Crippen molar-refractivity contribution in [2.45, 2.75) is 19.4 Å². The van der Waals surface area contributed by atoms with Crippen LogP contribution < -0.4 is 5.73 Å². The van der Waals surface area contributed by atoms with Crippen LogP contribution in [0.25, 0.3) is 0 Å². The minimum atomic E-state index is -0.398. The van der Waals surface area contributed by atoms with Crippen LogP contribution in [0.2, 0.25) is 0 Å². The fourth-order valence-electron chi connectivity index (χ4n) is 2.12. The molecule has 0 saturated heterocycles. The van der Waals surface area contributed by atoms with Crippen LogP contribution in [-0.4, -0.2) is 4.92 Å². The van der Waals surface area contributed by atoms with Gasteiger partial charge in [0.2, 0.25) is 0 Å². The molecule has 0 heterocycles. The Morgan fingerprint density at radius 3 is 2.37 bits per heavy atom. The van der Waals surface area contributed by atoms with E-state index in [2.05, 4.69) is 0 Å². The normalized spacial score (nSPS) is 12.1. The summed E-state index contributed by atoms with van der Waals surface area (Å²) in [7, 11) is 0. The van der Waals surface area contributed by atoms with Crippen molar-refractivity contribution < 1.29 is 4.92 Å². The van der Waals surface area contributed by atoms with Gasteiger partial charge in [0.15, 0.2) is 0 Å². The molecule has 2 N–H and O–H groups in total. The Kier molecular flexibility index (Phi) is 3.92. The van der Waals surface area contributed by atoms with Gasteiger partial charge in [0.05, 0.1) is 4.92 Å². The van der Waals surface area contributed by atoms with E-state index >= 15 is 0 Å². The van der Waals surface area contributed by atoms with Crippen LogP contribution in [0.3, 0.4) is 0 Å². The second-order valence-electron chi connectivity index (χ2n) is 4.59. The Labute approximate surface area is 112 Å². The molecule has 2 rings (SSSR count). The predicted octanol–water partition coefficient (Wildman–Crippen LogP) is 3.15. The van der Waals surface area contributed by atoms with Gasteiger partial charge in [0.1, 0.15) is 0 Å². The predicted molar refractivity (Wildman–Crippen MR) is 74.9 cm³/mol. The van der Waals surface area contributed by atoms with Crippen molar-refractivity contribution in [3.8, 4) is 0 Å². The third kappa shape index (κ3) is 3.17. The van der Waals surface area contributed by atoms with Gasteiger partial charge in [0.25, 0.3) is 5.69 Å². The fourth-order valence-corrected chi connectivity index (χ4v) is 2.12. The first-order valence-corrected chi connectivity index (χ1v) is 6.12. The molecule has 0 spiro atoms. The van der Waals surface area contributed by atoms with Crippen molar-refractivity contribution in [3.63, 3.8) is 0 Å². The van der Waals surface area contributed by atoms with E-state index in [1.54, 1.807) is 12.1 Å². The number of non-ortho nitro benzene ring substituents is 1. The van der Waals surface area contributed by atoms with Crippen LogP contribution in [0, 0.1) is 17.0 Å². The Hall–Kier alpha value is -2.20. The number of rotatable bonds is 4. The van der Waals surface area contributed by atoms with Crippen molar-refractivity contribution in [2.24, 2.45) is 5.73 Å². The molecule has 4 nitrogen and oxygen atoms in total. The summed E-state index contributed by atoms with van der Waals surface area (Å²) < 4.78 is 0. The number of nitrogens with zero attached hydrogens (tertiary/aromatic N) is 1. The molecule has 4 heteroatoms. The average molecular weight is 256 g/mol. The molecule has 0 saturated carbocycles. The minimum Gasteiger partial charge on any atom is -0.324 e. The number of benzene rings is 2. The van der Waals surface area contributed by atoms with Crippen molar-refractivity contribution >= 4 is 5.69 Å². The van der Waals surface area contributed by atoms with Crippen molar-refractivity contribution in [1.29, 1.82) is 0 Å². The van der Waals surface area contributed by atoms with Crippen LogP contribution >= 0.6 is 0 Å². The highest BCUT2D eigenvalue weighted by Gasteiger charge is 2.10. The first-order chi connectivity index (χ1) is 9.08. The lowest BCUT2D eigenvalue weighted by Crippen LogP contribution is -2.14. The highest BCUT2D eigenvalue weighted by atomic mass is 16.6. The highest BCUT2D eigenvalue weighted by Crippen LogP contribution is 2.20. The molecule has 1 atom stereocenters. The van der Waals surface area contributed by atoms with Crippen LogP contribution in [-0.2, 0) is 6.42 Å². The molecular weight excluding hydrogens is 240 g/mol. The van der Waals surface area contributed by atoms with E-state index in [1.165, 1.54) is 12.1 Å². The largest absolute Gasteiger partial charge is 0.324 e. The maximum absolute atomic E-state index is 10.6. The molecule has 0 bridgehead atoms. The number of nitro benzene ring substituents is 1. The number of nitrogens with two attached hydrogens (primary N) is 1. The fraction of sp³-hybridized carbons (Fsp3) is 0.200. The summed E-state index contributed by atoms with van der Waals surface area (Å²) in [5.41, 5.74) is 9.57. The maximum Gasteiger partial charge on any atom is 0.269 e. The summed E-state index contributed by atoms with van der Waals surface area (Å²) in [4.78, 5) is 10.2. The highest BCUT2D eigenvalue weighted by molar-refractivity contribution is 5.35. The third-order valence-corrected chi connectivity index (χ3v) is 3.19. The summed E-state index contributed by atoms with van der Waals surface area (Å²) in [6, 6.07) is 14.5. The molecule has 0 aliphatic rings. The number of aryl methyl sites for hydroxylation is 1. The summed E-state index contributed by atoms with van der Waals surface area (Å²) in [6.45, 7) is 2.03. The molecule has 0 amide bonds. The van der Waals surface area contributed by atoms with Crippen LogP contribution in [0.4, 0.5) is 5.69 Å². The molecule has 0 aromatic heterocycles. The van der Waals surface area contributed by atoms with E-state index < -0.39 is 4.92 Å². The smallest absolute Gasteiger partial charge is 0.269 e. The maximum atomic E-state index is 10.6. The van der Waals surface area contributed by atoms with Gasteiger partial charge in [-0.05, 0) is 30.0 Å². The zero-order chi connectivity index (χ0) is 13.8. The quantitative estimate of drug-likeness (QED) is 0.674. The Morgan fingerprint density at radius 2 is 1.79 bits per heavy atom. The monoisotopic (exact) mass is 256 g/mol. The third-order valence-electron chi connectivity index (χ3n) is 3.19. The summed E-state index contributed by atoms with van der Waals surface area (Å²) >= 11 is 0. The van der Waals surface area contributed by atoms with Crippen LogP contribution in [0.1, 0.15) is 22.7 Å². The summed E-state index contributed by atoms with van der Waals surface area (Å²) in [5.74, 6) is 0. The lowest BCUT2D eigenvalue weighted by atomic mass is 9.96. The molecule has 0 radical (unpaired) electrons. The minimum absolute atomic E-state index is 0.0948. The molecule has 19 heavy (non-hydrogen) atoms. The molecular formula is C15H16N2O2. The lowest BCUT2D eigenvalue weighted by Gasteiger charge is -2.14. The van der Waals surface area contributed by atoms with E-state index in [-0.39, 0.29) is 11.7 Å². The SMILES string of the molecule is Cc1ccccc1C(N)Cc1ccc([N+](=O)[O-])cc1. The van der Waals surface area contributed by atoms with Crippen LogP contribution in [0.5, 0.6) is 0 Å². The van der Waals surface area contributed by atoms with Gasteiger partial charge in [-0.1, -0.05) is 36.4 Å². The average Bonchev–Trinajstić information content (AvgIpc) is 2.39. The van der Waals surface area contributed by atoms with E-state index in [9.17, 15) is 10.1 Å². The van der Waals surface area contributed by atoms with Gasteiger partial charge in [-0.2, -0.15) is 0 Å². The zero-order valence-electron chi connectivity index (χ0n) is 10.7. The zero-order valence-corrected chi connectivity index (χ0v) is 10.7. The molecule has 0 aliphatic carbocycles. The Morgan fingerprint density at radius 1 is 1.16 bits per heavy atom. The Balaban J connectivity index is 2.13. The van der Waals surface area contributed by atoms with Gasteiger partial charge in [0, 0.05) is 18.2 Å². The van der Waals surface area contributed by atoms with Gasteiger partial charge in [-0.15, -0.1) is 0 Å². The first kappa shape index (κ1) is 13.2. The second kappa shape index (κ2) is 5.63. The summed E-state index contributed by atoms with van der Waals surface area (Å²) in [5, 5.41) is 10.6. The lowest BCUT2D eigenvalue weighted by molar-refractivity contribution is -0.384. The molecule has 0 aliphatic heterocycles. The molecule has 98 valence electrons.